The van der Waals surface area contributed by atoms with Crippen molar-refractivity contribution in [1.82, 2.24) is 0 Å². The van der Waals surface area contributed by atoms with Crippen LogP contribution in [0.1, 0.15) is 26.2 Å². The van der Waals surface area contributed by atoms with E-state index in [-0.39, 0.29) is 10.0 Å². The molecule has 1 saturated heterocycles. The molecule has 66 valence electrons. The van der Waals surface area contributed by atoms with Gasteiger partial charge in [0.1, 0.15) is 5.78 Å². The van der Waals surface area contributed by atoms with Gasteiger partial charge in [-0.25, -0.2) is 10.0 Å². The first kappa shape index (κ1) is 9.11. The largest absolute Gasteiger partial charge is 0.300 e. The average molecular weight is 174 g/mol. The lowest BCUT2D eigenvalue weighted by Crippen LogP contribution is -2.07. The fraction of sp³-hybridized carbons (Fsp3) is 0.889. The Bertz CT molecular complexity index is 148. The van der Waals surface area contributed by atoms with Crippen LogP contribution in [0.2, 0.25) is 0 Å². The van der Waals surface area contributed by atoms with E-state index in [2.05, 4.69) is 6.26 Å². The van der Waals surface area contributed by atoms with E-state index >= 15 is 0 Å². The molecule has 1 aliphatic rings. The molecule has 0 bridgehead atoms. The lowest BCUT2D eigenvalue weighted by molar-refractivity contribution is -0.116. The van der Waals surface area contributed by atoms with Gasteiger partial charge < -0.3 is 0 Å². The van der Waals surface area contributed by atoms with Crippen LogP contribution in [0.4, 0.5) is 0 Å². The SMILES string of the molecule is CC(=O)CCS1(C)CCCC1. The Labute approximate surface area is 70.9 Å². The maximum absolute atomic E-state index is 10.8. The van der Waals surface area contributed by atoms with E-state index < -0.39 is 0 Å². The minimum atomic E-state index is -0.320. The standard InChI is InChI=1S/C9H18OS/c1-9(10)5-8-11(2)6-3-4-7-11/h3-8H2,1-2H3. The summed E-state index contributed by atoms with van der Waals surface area (Å²) in [5.74, 6) is 4.40. The van der Waals surface area contributed by atoms with Gasteiger partial charge in [-0.15, -0.1) is 0 Å². The van der Waals surface area contributed by atoms with Gasteiger partial charge in [0.05, 0.1) is 0 Å². The lowest BCUT2D eigenvalue weighted by atomic mass is 10.4. The summed E-state index contributed by atoms with van der Waals surface area (Å²) < 4.78 is 0. The van der Waals surface area contributed by atoms with E-state index in [1.165, 1.54) is 30.1 Å². The molecule has 1 heterocycles. The molecule has 0 aromatic rings. The van der Waals surface area contributed by atoms with Gasteiger partial charge in [-0.05, 0) is 43.3 Å². The Kier molecular flexibility index (Phi) is 2.99. The Morgan fingerprint density at radius 3 is 2.36 bits per heavy atom. The first-order chi connectivity index (χ1) is 5.12. The number of ketones is 1. The molecule has 0 spiro atoms. The van der Waals surface area contributed by atoms with E-state index in [0.717, 1.165) is 6.42 Å². The van der Waals surface area contributed by atoms with Crippen molar-refractivity contribution in [1.29, 1.82) is 0 Å². The number of carbonyl (C=O) groups is 1. The highest BCUT2D eigenvalue weighted by atomic mass is 32.3. The Hall–Kier alpha value is 0.0200. The summed E-state index contributed by atoms with van der Waals surface area (Å²) in [6, 6.07) is 0. The maximum atomic E-state index is 10.8. The van der Waals surface area contributed by atoms with Crippen molar-refractivity contribution in [3.8, 4) is 0 Å². The minimum absolute atomic E-state index is 0.320. The molecule has 1 rings (SSSR count). The van der Waals surface area contributed by atoms with Crippen LogP contribution in [0, 0.1) is 0 Å². The molecule has 2 heteroatoms. The minimum Gasteiger partial charge on any atom is -0.300 e. The maximum Gasteiger partial charge on any atom is 0.130 e. The summed E-state index contributed by atoms with van der Waals surface area (Å²) in [6.07, 6.45) is 6.04. The highest BCUT2D eigenvalue weighted by Gasteiger charge is 2.22. The normalized spacial score (nSPS) is 24.9. The third-order valence-electron chi connectivity index (χ3n) is 2.47. The Balaban J connectivity index is 2.28. The van der Waals surface area contributed by atoms with Gasteiger partial charge in [0.2, 0.25) is 0 Å². The summed E-state index contributed by atoms with van der Waals surface area (Å²) in [7, 11) is -0.320. The summed E-state index contributed by atoms with van der Waals surface area (Å²) in [4.78, 5) is 10.8. The van der Waals surface area contributed by atoms with Gasteiger partial charge in [0, 0.05) is 6.42 Å². The summed E-state index contributed by atoms with van der Waals surface area (Å²) in [5.41, 5.74) is 0. The van der Waals surface area contributed by atoms with E-state index in [0.29, 0.717) is 5.78 Å². The molecule has 0 radical (unpaired) electrons. The van der Waals surface area contributed by atoms with Gasteiger partial charge in [-0.1, -0.05) is 0 Å². The summed E-state index contributed by atoms with van der Waals surface area (Å²) >= 11 is 0. The predicted molar refractivity (Wildman–Crippen MR) is 52.6 cm³/mol. The number of rotatable bonds is 3. The first-order valence-electron chi connectivity index (χ1n) is 4.33. The van der Waals surface area contributed by atoms with E-state index in [4.69, 9.17) is 0 Å². The fourth-order valence-electron chi connectivity index (χ4n) is 1.60. The van der Waals surface area contributed by atoms with Crippen molar-refractivity contribution >= 4 is 15.8 Å². The number of hydrogen-bond donors (Lipinski definition) is 0. The van der Waals surface area contributed by atoms with Crippen molar-refractivity contribution in [3.63, 3.8) is 0 Å². The lowest BCUT2D eigenvalue weighted by Gasteiger charge is -2.29. The molecule has 0 saturated carbocycles. The fourth-order valence-corrected chi connectivity index (χ4v) is 4.79. The van der Waals surface area contributed by atoms with Crippen LogP contribution in [-0.2, 0) is 4.79 Å². The van der Waals surface area contributed by atoms with E-state index in [1.807, 2.05) is 0 Å². The van der Waals surface area contributed by atoms with Crippen LogP contribution in [0.15, 0.2) is 0 Å². The third-order valence-corrected chi connectivity index (χ3v) is 6.21. The second-order valence-electron chi connectivity index (χ2n) is 3.75. The van der Waals surface area contributed by atoms with Gasteiger partial charge in [-0.3, -0.25) is 4.79 Å². The molecule has 0 aromatic heterocycles. The molecule has 1 nitrogen and oxygen atoms in total. The van der Waals surface area contributed by atoms with Crippen molar-refractivity contribution < 1.29 is 4.79 Å². The van der Waals surface area contributed by atoms with Crippen LogP contribution in [0.3, 0.4) is 0 Å². The smallest absolute Gasteiger partial charge is 0.130 e. The van der Waals surface area contributed by atoms with Crippen molar-refractivity contribution in [2.75, 3.05) is 23.5 Å². The molecular weight excluding hydrogens is 156 g/mol. The average Bonchev–Trinajstić information content (AvgIpc) is 2.33. The topological polar surface area (TPSA) is 17.1 Å². The van der Waals surface area contributed by atoms with Gasteiger partial charge >= 0.3 is 0 Å². The first-order valence-corrected chi connectivity index (χ1v) is 6.88. The highest BCUT2D eigenvalue weighted by molar-refractivity contribution is 8.33. The van der Waals surface area contributed by atoms with E-state index in [9.17, 15) is 4.79 Å². The molecule has 0 aromatic carbocycles. The zero-order chi connectivity index (χ0) is 8.32. The quantitative estimate of drug-likeness (QED) is 0.641. The second-order valence-corrected chi connectivity index (χ2v) is 7.93. The van der Waals surface area contributed by atoms with Crippen LogP contribution in [0.25, 0.3) is 0 Å². The Morgan fingerprint density at radius 1 is 1.36 bits per heavy atom. The molecule has 0 N–H and O–H groups in total. The summed E-state index contributed by atoms with van der Waals surface area (Å²) in [6.45, 7) is 1.71. The molecule has 0 amide bonds. The van der Waals surface area contributed by atoms with E-state index in [1.54, 1.807) is 6.92 Å². The predicted octanol–water partition coefficient (Wildman–Crippen LogP) is 2.19. The zero-order valence-electron chi connectivity index (χ0n) is 7.56. The van der Waals surface area contributed by atoms with Gasteiger partial charge in [0.25, 0.3) is 0 Å². The molecule has 0 unspecified atom stereocenters. The number of carbonyl (C=O) groups excluding carboxylic acids is 1. The molecule has 1 fully saturated rings. The Morgan fingerprint density at radius 2 is 1.91 bits per heavy atom. The van der Waals surface area contributed by atoms with Crippen molar-refractivity contribution in [2.24, 2.45) is 0 Å². The summed E-state index contributed by atoms with van der Waals surface area (Å²) in [5, 5.41) is 0. The highest BCUT2D eigenvalue weighted by Crippen LogP contribution is 2.50. The molecule has 11 heavy (non-hydrogen) atoms. The van der Waals surface area contributed by atoms with Crippen molar-refractivity contribution in [2.45, 2.75) is 26.2 Å². The number of hydrogen-bond acceptors (Lipinski definition) is 1. The second kappa shape index (κ2) is 3.61. The van der Waals surface area contributed by atoms with Gasteiger partial charge in [0.15, 0.2) is 0 Å². The van der Waals surface area contributed by atoms with Crippen LogP contribution in [-0.4, -0.2) is 29.3 Å². The third kappa shape index (κ3) is 2.86. The molecular formula is C9H18OS. The molecule has 0 atom stereocenters. The monoisotopic (exact) mass is 174 g/mol. The van der Waals surface area contributed by atoms with Crippen LogP contribution >= 0.6 is 10.0 Å². The van der Waals surface area contributed by atoms with Gasteiger partial charge in [-0.2, -0.15) is 0 Å². The molecule has 0 aliphatic carbocycles. The molecule has 1 aliphatic heterocycles. The van der Waals surface area contributed by atoms with Crippen molar-refractivity contribution in [3.05, 3.63) is 0 Å². The zero-order valence-corrected chi connectivity index (χ0v) is 8.38. The van der Waals surface area contributed by atoms with Crippen LogP contribution in [0.5, 0.6) is 0 Å². The number of Topliss-reactive ketones (excluding diaryl/α,β-unsaturated/α-hetero) is 1. The van der Waals surface area contributed by atoms with Crippen LogP contribution < -0.4 is 0 Å².